The van der Waals surface area contributed by atoms with Crippen LogP contribution in [-0.2, 0) is 21.1 Å². The first-order valence-electron chi connectivity index (χ1n) is 7.43. The molecule has 2 heterocycles. The number of fused-ring (bicyclic) bond motifs is 1. The van der Waals surface area contributed by atoms with Crippen LogP contribution in [0.3, 0.4) is 0 Å². The van der Waals surface area contributed by atoms with Crippen molar-refractivity contribution in [2.75, 3.05) is 11.5 Å². The number of carbonyl (C=O) groups is 1. The summed E-state index contributed by atoms with van der Waals surface area (Å²) >= 11 is 0. The number of aromatic amines is 1. The van der Waals surface area contributed by atoms with Crippen LogP contribution in [0.5, 0.6) is 0 Å². The minimum absolute atomic E-state index is 0.0405. The molecule has 0 bridgehead atoms. The topological polar surface area (TPSA) is 79.0 Å². The van der Waals surface area contributed by atoms with E-state index in [2.05, 4.69) is 10.3 Å². The quantitative estimate of drug-likeness (QED) is 0.901. The lowest BCUT2D eigenvalue weighted by Gasteiger charge is -2.23. The Morgan fingerprint density at radius 3 is 2.86 bits per heavy atom. The van der Waals surface area contributed by atoms with Crippen LogP contribution in [-0.4, -0.2) is 36.4 Å². The predicted octanol–water partition coefficient (Wildman–Crippen LogP) is 1.79. The second-order valence-corrected chi connectivity index (χ2v) is 8.49. The number of amides is 1. The predicted molar refractivity (Wildman–Crippen MR) is 86.4 cm³/mol. The number of rotatable bonds is 4. The minimum Gasteiger partial charge on any atom is -0.361 e. The van der Waals surface area contributed by atoms with Gasteiger partial charge in [-0.2, -0.15) is 0 Å². The summed E-state index contributed by atoms with van der Waals surface area (Å²) in [7, 11) is -3.01. The number of nitrogens with one attached hydrogen (secondary N) is 2. The van der Waals surface area contributed by atoms with E-state index in [9.17, 15) is 13.2 Å². The molecule has 1 amide bonds. The van der Waals surface area contributed by atoms with E-state index in [1.54, 1.807) is 6.92 Å². The highest BCUT2D eigenvalue weighted by molar-refractivity contribution is 7.91. The Morgan fingerprint density at radius 1 is 1.36 bits per heavy atom. The van der Waals surface area contributed by atoms with Crippen molar-refractivity contribution in [1.29, 1.82) is 0 Å². The van der Waals surface area contributed by atoms with Crippen molar-refractivity contribution < 1.29 is 13.2 Å². The van der Waals surface area contributed by atoms with E-state index in [4.69, 9.17) is 0 Å². The first kappa shape index (κ1) is 15.1. The number of aryl methyl sites for hydroxylation is 1. The minimum atomic E-state index is -3.01. The molecule has 2 aromatic rings. The smallest absolute Gasteiger partial charge is 0.220 e. The normalized spacial score (nSPS) is 23.7. The largest absolute Gasteiger partial charge is 0.361 e. The summed E-state index contributed by atoms with van der Waals surface area (Å²) in [5.74, 6) is 0.107. The molecular weight excluding hydrogens is 300 g/mol. The summed E-state index contributed by atoms with van der Waals surface area (Å²) < 4.78 is 23.1. The van der Waals surface area contributed by atoms with Gasteiger partial charge in [0.2, 0.25) is 5.91 Å². The summed E-state index contributed by atoms with van der Waals surface area (Å²) in [5.41, 5.74) is 1.55. The molecule has 5 nitrogen and oxygen atoms in total. The van der Waals surface area contributed by atoms with Crippen LogP contribution in [0.4, 0.5) is 0 Å². The van der Waals surface area contributed by atoms with Crippen molar-refractivity contribution in [1.82, 2.24) is 10.3 Å². The molecule has 0 unspecified atom stereocenters. The lowest BCUT2D eigenvalue weighted by molar-refractivity contribution is -0.122. The molecule has 0 saturated carbocycles. The molecule has 1 aromatic carbocycles. The number of para-hydroxylation sites is 1. The maximum absolute atomic E-state index is 12.1. The third-order valence-electron chi connectivity index (χ3n) is 4.24. The summed E-state index contributed by atoms with van der Waals surface area (Å²) in [6, 6.07) is 7.98. The zero-order valence-electron chi connectivity index (χ0n) is 12.6. The SMILES string of the molecule is C[C@]1(NC(=O)CCc2c[nH]c3ccccc23)CCS(=O)(=O)C1. The molecule has 1 aliphatic heterocycles. The van der Waals surface area contributed by atoms with Gasteiger partial charge in [-0.15, -0.1) is 0 Å². The molecule has 1 fully saturated rings. The zero-order chi connectivity index (χ0) is 15.8. The molecule has 2 N–H and O–H groups in total. The first-order chi connectivity index (χ1) is 10.4. The van der Waals surface area contributed by atoms with Crippen LogP contribution < -0.4 is 5.32 Å². The van der Waals surface area contributed by atoms with Crippen LogP contribution in [0, 0.1) is 0 Å². The average molecular weight is 320 g/mol. The number of hydrogen-bond acceptors (Lipinski definition) is 3. The molecule has 0 aliphatic carbocycles. The van der Waals surface area contributed by atoms with Gasteiger partial charge >= 0.3 is 0 Å². The fourth-order valence-electron chi connectivity index (χ4n) is 3.09. The number of sulfone groups is 1. The van der Waals surface area contributed by atoms with Crippen molar-refractivity contribution in [2.24, 2.45) is 0 Å². The second-order valence-electron chi connectivity index (χ2n) is 6.31. The van der Waals surface area contributed by atoms with Gasteiger partial charge in [0.1, 0.15) is 0 Å². The van der Waals surface area contributed by atoms with Crippen molar-refractivity contribution in [2.45, 2.75) is 31.7 Å². The van der Waals surface area contributed by atoms with Crippen LogP contribution in [0.1, 0.15) is 25.3 Å². The number of H-pyrrole nitrogens is 1. The maximum atomic E-state index is 12.1. The average Bonchev–Trinajstić information content (AvgIpc) is 2.97. The highest BCUT2D eigenvalue weighted by atomic mass is 32.2. The number of carbonyl (C=O) groups excluding carboxylic acids is 1. The van der Waals surface area contributed by atoms with Gasteiger partial charge in [-0.25, -0.2) is 8.42 Å². The lowest BCUT2D eigenvalue weighted by Crippen LogP contribution is -2.46. The van der Waals surface area contributed by atoms with E-state index in [1.807, 2.05) is 30.5 Å². The highest BCUT2D eigenvalue weighted by Gasteiger charge is 2.39. The van der Waals surface area contributed by atoms with Gasteiger partial charge in [0.25, 0.3) is 0 Å². The number of benzene rings is 1. The van der Waals surface area contributed by atoms with Gasteiger partial charge in [0.15, 0.2) is 9.84 Å². The van der Waals surface area contributed by atoms with Crippen molar-refractivity contribution in [3.8, 4) is 0 Å². The monoisotopic (exact) mass is 320 g/mol. The Hall–Kier alpha value is -1.82. The van der Waals surface area contributed by atoms with Crippen molar-refractivity contribution in [3.05, 3.63) is 36.0 Å². The van der Waals surface area contributed by atoms with Crippen LogP contribution >= 0.6 is 0 Å². The summed E-state index contributed by atoms with van der Waals surface area (Å²) in [6.07, 6.45) is 3.42. The summed E-state index contributed by atoms with van der Waals surface area (Å²) in [5, 5.41) is 4.02. The molecule has 1 saturated heterocycles. The fraction of sp³-hybridized carbons (Fsp3) is 0.438. The van der Waals surface area contributed by atoms with Gasteiger partial charge in [0.05, 0.1) is 17.0 Å². The fourth-order valence-corrected chi connectivity index (χ4v) is 5.19. The number of hydrogen-bond donors (Lipinski definition) is 2. The van der Waals surface area contributed by atoms with Gasteiger partial charge in [-0.1, -0.05) is 18.2 Å². The first-order valence-corrected chi connectivity index (χ1v) is 9.26. The molecule has 3 rings (SSSR count). The second kappa shape index (κ2) is 5.43. The maximum Gasteiger partial charge on any atom is 0.220 e. The standard InChI is InChI=1S/C16H20N2O3S/c1-16(8-9-22(20,21)11-16)18-15(19)7-6-12-10-17-14-5-3-2-4-13(12)14/h2-5,10,17H,6-9,11H2,1H3,(H,18,19)/t16-/m0/s1. The lowest BCUT2D eigenvalue weighted by atomic mass is 10.0. The summed E-state index contributed by atoms with van der Waals surface area (Å²) in [6.45, 7) is 1.81. The number of aromatic nitrogens is 1. The Kier molecular flexibility index (Phi) is 3.72. The van der Waals surface area contributed by atoms with E-state index in [-0.39, 0.29) is 17.4 Å². The van der Waals surface area contributed by atoms with Crippen molar-refractivity contribution in [3.63, 3.8) is 0 Å². The zero-order valence-corrected chi connectivity index (χ0v) is 13.4. The Balaban J connectivity index is 1.61. The Bertz CT molecular complexity index is 810. The molecule has 118 valence electrons. The van der Waals surface area contributed by atoms with E-state index in [0.29, 0.717) is 19.3 Å². The van der Waals surface area contributed by atoms with Crippen LogP contribution in [0.2, 0.25) is 0 Å². The Morgan fingerprint density at radius 2 is 2.14 bits per heavy atom. The molecule has 1 atom stereocenters. The molecular formula is C16H20N2O3S. The molecule has 22 heavy (non-hydrogen) atoms. The molecule has 0 spiro atoms. The van der Waals surface area contributed by atoms with Gasteiger partial charge in [-0.3, -0.25) is 4.79 Å². The molecule has 6 heteroatoms. The van der Waals surface area contributed by atoms with E-state index < -0.39 is 15.4 Å². The molecule has 1 aromatic heterocycles. The van der Waals surface area contributed by atoms with E-state index in [1.165, 1.54) is 0 Å². The summed E-state index contributed by atoms with van der Waals surface area (Å²) in [4.78, 5) is 15.3. The molecule has 0 radical (unpaired) electrons. The van der Waals surface area contributed by atoms with E-state index >= 15 is 0 Å². The molecule has 1 aliphatic rings. The van der Waals surface area contributed by atoms with Gasteiger partial charge in [0, 0.05) is 23.5 Å². The third-order valence-corrected chi connectivity index (χ3v) is 6.14. The van der Waals surface area contributed by atoms with Crippen LogP contribution in [0.15, 0.2) is 30.5 Å². The highest BCUT2D eigenvalue weighted by Crippen LogP contribution is 2.23. The van der Waals surface area contributed by atoms with Gasteiger partial charge < -0.3 is 10.3 Å². The Labute approximate surface area is 130 Å². The van der Waals surface area contributed by atoms with E-state index in [0.717, 1.165) is 16.5 Å². The van der Waals surface area contributed by atoms with Crippen LogP contribution in [0.25, 0.3) is 10.9 Å². The third kappa shape index (κ3) is 3.16. The van der Waals surface area contributed by atoms with Gasteiger partial charge in [-0.05, 0) is 31.4 Å². The van der Waals surface area contributed by atoms with Crippen molar-refractivity contribution >= 4 is 26.6 Å².